The molecule has 0 bridgehead atoms. The molecule has 11 heavy (non-hydrogen) atoms. The van der Waals surface area contributed by atoms with Crippen LogP contribution in [-0.2, 0) is 0 Å². The van der Waals surface area contributed by atoms with Gasteiger partial charge in [-0.25, -0.2) is 4.99 Å². The van der Waals surface area contributed by atoms with E-state index in [1.807, 2.05) is 0 Å². The fourth-order valence-corrected chi connectivity index (χ4v) is 0.651. The highest BCUT2D eigenvalue weighted by Crippen LogP contribution is 2.05. The van der Waals surface area contributed by atoms with E-state index >= 15 is 0 Å². The van der Waals surface area contributed by atoms with Crippen LogP contribution in [0, 0.1) is 22.7 Å². The Kier molecular flexibility index (Phi) is 5.20. The summed E-state index contributed by atoms with van der Waals surface area (Å²) in [5, 5.41) is 16.3. The Balaban J connectivity index is 4.24. The quantitative estimate of drug-likeness (QED) is 0.378. The summed E-state index contributed by atoms with van der Waals surface area (Å²) in [6, 6.07) is 3.46. The fraction of sp³-hybridized carbons (Fsp3) is 0.167. The zero-order valence-electron chi connectivity index (χ0n) is 5.38. The van der Waals surface area contributed by atoms with Crippen LogP contribution in [0.3, 0.4) is 0 Å². The Labute approximate surface area is 74.2 Å². The summed E-state index contributed by atoms with van der Waals surface area (Å²) in [6.07, 6.45) is 1.03. The summed E-state index contributed by atoms with van der Waals surface area (Å²) in [6.45, 7) is 0. The van der Waals surface area contributed by atoms with Crippen molar-refractivity contribution in [1.82, 2.24) is 0 Å². The van der Waals surface area contributed by atoms with E-state index in [-0.39, 0.29) is 16.7 Å². The summed E-state index contributed by atoms with van der Waals surface area (Å²) < 4.78 is 0. The zero-order chi connectivity index (χ0) is 8.69. The maximum absolute atomic E-state index is 8.14. The predicted molar refractivity (Wildman–Crippen MR) is 43.1 cm³/mol. The van der Waals surface area contributed by atoms with Crippen LogP contribution in [0.4, 0.5) is 0 Å². The Morgan fingerprint density at radius 3 is 2.55 bits per heavy atom. The molecule has 0 N–H and O–H groups in total. The van der Waals surface area contributed by atoms with Crippen LogP contribution < -0.4 is 0 Å². The lowest BCUT2D eigenvalue weighted by Gasteiger charge is -1.86. The van der Waals surface area contributed by atoms with Crippen molar-refractivity contribution >= 4 is 28.4 Å². The van der Waals surface area contributed by atoms with Gasteiger partial charge in [-0.3, -0.25) is 0 Å². The predicted octanol–water partition coefficient (Wildman–Crippen LogP) is 2.14. The second-order valence-corrected chi connectivity index (χ2v) is 2.24. The van der Waals surface area contributed by atoms with Crippen molar-refractivity contribution in [1.29, 1.82) is 10.5 Å². The van der Waals surface area contributed by atoms with E-state index in [1.165, 1.54) is 0 Å². The van der Waals surface area contributed by atoms with Crippen LogP contribution in [0.25, 0.3) is 0 Å². The van der Waals surface area contributed by atoms with Crippen LogP contribution in [0.1, 0.15) is 6.42 Å². The molecule has 0 aromatic carbocycles. The second kappa shape index (κ2) is 5.73. The number of allylic oxidation sites excluding steroid dienone is 1. The lowest BCUT2D eigenvalue weighted by molar-refractivity contribution is 1.39. The Bertz CT molecular complexity index is 267. The molecule has 0 fully saturated rings. The van der Waals surface area contributed by atoms with E-state index in [0.29, 0.717) is 0 Å². The molecular formula is C6H3Cl2N3. The van der Waals surface area contributed by atoms with E-state index in [9.17, 15) is 0 Å². The minimum absolute atomic E-state index is 0.00293. The second-order valence-electron chi connectivity index (χ2n) is 1.42. The van der Waals surface area contributed by atoms with Crippen LogP contribution >= 0.6 is 23.2 Å². The number of halogens is 2. The highest BCUT2D eigenvalue weighted by Gasteiger charge is 1.93. The molecule has 0 aliphatic carbocycles. The van der Waals surface area contributed by atoms with Gasteiger partial charge in [0.15, 0.2) is 0 Å². The first kappa shape index (κ1) is 9.97. The van der Waals surface area contributed by atoms with Gasteiger partial charge in [-0.15, -0.1) is 0 Å². The van der Waals surface area contributed by atoms with Gasteiger partial charge in [0, 0.05) is 0 Å². The summed E-state index contributed by atoms with van der Waals surface area (Å²) in [5.41, 5.74) is 0. The topological polar surface area (TPSA) is 59.9 Å². The number of hydrogen-bond donors (Lipinski definition) is 0. The first-order chi connectivity index (χ1) is 5.20. The molecule has 0 saturated heterocycles. The average molecular weight is 188 g/mol. The smallest absolute Gasteiger partial charge is 0.140 e. The summed E-state index contributed by atoms with van der Waals surface area (Å²) in [7, 11) is 0. The highest BCUT2D eigenvalue weighted by molar-refractivity contribution is 6.66. The zero-order valence-corrected chi connectivity index (χ0v) is 6.89. The molecular weight excluding hydrogens is 185 g/mol. The molecule has 0 aliphatic heterocycles. The molecule has 0 amide bonds. The first-order valence-electron chi connectivity index (χ1n) is 2.56. The van der Waals surface area contributed by atoms with Crippen molar-refractivity contribution in [3.05, 3.63) is 11.2 Å². The van der Waals surface area contributed by atoms with Gasteiger partial charge in [0.05, 0.1) is 24.6 Å². The standard InChI is InChI=1S/C6H3Cl2N3/c7-5(1-3-9)11-6(8)2-4-10/h1H,2H2/b5-1+,11-6-. The monoisotopic (exact) mass is 187 g/mol. The molecule has 0 aromatic heterocycles. The van der Waals surface area contributed by atoms with Gasteiger partial charge < -0.3 is 0 Å². The average Bonchev–Trinajstić information content (AvgIpc) is 1.87. The van der Waals surface area contributed by atoms with Crippen molar-refractivity contribution in [3.8, 4) is 12.1 Å². The Morgan fingerprint density at radius 1 is 1.45 bits per heavy atom. The number of aliphatic imine (C=N–C) groups is 1. The first-order valence-corrected chi connectivity index (χ1v) is 3.31. The van der Waals surface area contributed by atoms with Crippen molar-refractivity contribution < 1.29 is 0 Å². The van der Waals surface area contributed by atoms with Gasteiger partial charge in [0.1, 0.15) is 10.3 Å². The molecule has 0 unspecified atom stereocenters. The van der Waals surface area contributed by atoms with Crippen molar-refractivity contribution in [2.45, 2.75) is 6.42 Å². The molecule has 5 heteroatoms. The third-order valence-corrected chi connectivity index (χ3v) is 1.05. The Morgan fingerprint density at radius 2 is 2.09 bits per heavy atom. The van der Waals surface area contributed by atoms with Gasteiger partial charge in [-0.05, 0) is 0 Å². The van der Waals surface area contributed by atoms with Crippen molar-refractivity contribution in [2.24, 2.45) is 4.99 Å². The maximum Gasteiger partial charge on any atom is 0.140 e. The summed E-state index contributed by atoms with van der Waals surface area (Å²) >= 11 is 10.8. The molecule has 0 saturated carbocycles. The fourth-order valence-electron chi connectivity index (χ4n) is 0.306. The van der Waals surface area contributed by atoms with Gasteiger partial charge in [-0.1, -0.05) is 23.2 Å². The van der Waals surface area contributed by atoms with Crippen LogP contribution in [0.15, 0.2) is 16.2 Å². The molecule has 0 aliphatic rings. The van der Waals surface area contributed by atoms with E-state index in [0.717, 1.165) is 6.08 Å². The Hall–Kier alpha value is -1.03. The molecule has 56 valence electrons. The SMILES string of the molecule is N#C/C=C(Cl)/N=C(\Cl)CC#N. The van der Waals surface area contributed by atoms with E-state index in [2.05, 4.69) is 4.99 Å². The number of hydrogen-bond acceptors (Lipinski definition) is 3. The number of nitriles is 2. The van der Waals surface area contributed by atoms with E-state index in [1.54, 1.807) is 12.1 Å². The van der Waals surface area contributed by atoms with Crippen LogP contribution in [0.2, 0.25) is 0 Å². The molecule has 3 nitrogen and oxygen atoms in total. The van der Waals surface area contributed by atoms with Gasteiger partial charge >= 0.3 is 0 Å². The van der Waals surface area contributed by atoms with Crippen LogP contribution in [-0.4, -0.2) is 5.17 Å². The van der Waals surface area contributed by atoms with Gasteiger partial charge in [-0.2, -0.15) is 10.5 Å². The largest absolute Gasteiger partial charge is 0.227 e. The molecule has 0 heterocycles. The van der Waals surface area contributed by atoms with Crippen molar-refractivity contribution in [3.63, 3.8) is 0 Å². The summed E-state index contributed by atoms with van der Waals surface area (Å²) in [5.74, 6) is 0. The summed E-state index contributed by atoms with van der Waals surface area (Å²) in [4.78, 5) is 3.52. The number of nitrogens with zero attached hydrogens (tertiary/aromatic N) is 3. The van der Waals surface area contributed by atoms with Crippen LogP contribution in [0.5, 0.6) is 0 Å². The molecule has 0 rings (SSSR count). The van der Waals surface area contributed by atoms with E-state index < -0.39 is 0 Å². The lowest BCUT2D eigenvalue weighted by atomic mass is 10.5. The van der Waals surface area contributed by atoms with Gasteiger partial charge in [0.25, 0.3) is 0 Å². The minimum Gasteiger partial charge on any atom is -0.227 e. The van der Waals surface area contributed by atoms with E-state index in [4.69, 9.17) is 33.7 Å². The third-order valence-electron chi connectivity index (χ3n) is 0.637. The van der Waals surface area contributed by atoms with Crippen molar-refractivity contribution in [2.75, 3.05) is 0 Å². The lowest BCUT2D eigenvalue weighted by Crippen LogP contribution is -1.83. The minimum atomic E-state index is -0.0206. The third kappa shape index (κ3) is 5.42. The number of rotatable bonds is 2. The molecule has 0 aromatic rings. The maximum atomic E-state index is 8.14. The molecule has 0 radical (unpaired) electrons. The van der Waals surface area contributed by atoms with Gasteiger partial charge in [0.2, 0.25) is 0 Å². The molecule has 0 spiro atoms. The normalized spacial score (nSPS) is 12.0. The highest BCUT2D eigenvalue weighted by atomic mass is 35.5. The molecule has 0 atom stereocenters.